The van der Waals surface area contributed by atoms with Crippen molar-refractivity contribution in [2.45, 2.75) is 19.8 Å². The Morgan fingerprint density at radius 1 is 1.19 bits per heavy atom. The second-order valence-electron chi connectivity index (χ2n) is 5.90. The quantitative estimate of drug-likeness (QED) is 0.318. The minimum Gasteiger partial charge on any atom is -0.382 e. The van der Waals surface area contributed by atoms with Crippen molar-refractivity contribution in [1.82, 2.24) is 10.6 Å². The second kappa shape index (κ2) is 14.3. The molecule has 0 fully saturated rings. The first kappa shape index (κ1) is 22.2. The third-order valence-corrected chi connectivity index (χ3v) is 3.70. The van der Waals surface area contributed by atoms with Crippen LogP contribution in [0, 0.1) is 5.82 Å². The van der Waals surface area contributed by atoms with Crippen LogP contribution in [-0.2, 0) is 9.47 Å². The van der Waals surface area contributed by atoms with E-state index in [4.69, 9.17) is 9.47 Å². The molecule has 0 aliphatic carbocycles. The van der Waals surface area contributed by atoms with Crippen LogP contribution in [0.25, 0.3) is 0 Å². The summed E-state index contributed by atoms with van der Waals surface area (Å²) >= 11 is 0. The summed E-state index contributed by atoms with van der Waals surface area (Å²) < 4.78 is 23.6. The number of ether oxygens (including phenoxy) is 2. The smallest absolute Gasteiger partial charge is 0.191 e. The molecule has 0 aliphatic rings. The molecule has 1 aromatic rings. The van der Waals surface area contributed by atoms with Gasteiger partial charge in [-0.3, -0.25) is 4.99 Å². The van der Waals surface area contributed by atoms with Crippen LogP contribution in [0.3, 0.4) is 0 Å². The lowest BCUT2D eigenvalue weighted by Crippen LogP contribution is -2.38. The van der Waals surface area contributed by atoms with Crippen molar-refractivity contribution in [2.75, 3.05) is 65.1 Å². The van der Waals surface area contributed by atoms with Crippen molar-refractivity contribution < 1.29 is 13.9 Å². The molecule has 7 heteroatoms. The molecule has 148 valence electrons. The maximum Gasteiger partial charge on any atom is 0.191 e. The normalized spacial score (nSPS) is 11.5. The zero-order valence-electron chi connectivity index (χ0n) is 16.3. The van der Waals surface area contributed by atoms with Crippen LogP contribution >= 0.6 is 0 Å². The Morgan fingerprint density at radius 2 is 2.04 bits per heavy atom. The summed E-state index contributed by atoms with van der Waals surface area (Å²) in [4.78, 5) is 6.61. The van der Waals surface area contributed by atoms with Crippen LogP contribution in [0.2, 0.25) is 0 Å². The van der Waals surface area contributed by atoms with Crippen molar-refractivity contribution in [1.29, 1.82) is 0 Å². The predicted octanol–water partition coefficient (Wildman–Crippen LogP) is 2.26. The molecule has 0 saturated carbocycles. The van der Waals surface area contributed by atoms with E-state index in [1.165, 1.54) is 6.07 Å². The molecule has 0 atom stereocenters. The number of benzene rings is 1. The lowest BCUT2D eigenvalue weighted by molar-refractivity contribution is 0.0698. The Hall–Kier alpha value is -1.86. The number of hydrogen-bond acceptors (Lipinski definition) is 4. The van der Waals surface area contributed by atoms with E-state index < -0.39 is 0 Å². The topological polar surface area (TPSA) is 58.1 Å². The molecule has 0 aromatic heterocycles. The summed E-state index contributed by atoms with van der Waals surface area (Å²) in [7, 11) is 3.63. The van der Waals surface area contributed by atoms with Gasteiger partial charge in [0.05, 0.1) is 13.2 Å². The number of aliphatic imine (C=N–C) groups is 1. The SMILES string of the molecule is CCNC(=NCCCN(C)c1cccc(F)c1)NCCCOCCOC. The highest BCUT2D eigenvalue weighted by Crippen LogP contribution is 2.13. The molecule has 1 aromatic carbocycles. The molecule has 6 nitrogen and oxygen atoms in total. The standard InChI is InChI=1S/C19H33FN4O2/c1-4-21-19(23-11-7-13-26-15-14-25-3)22-10-6-12-24(2)18-9-5-8-17(20)16-18/h5,8-9,16H,4,6-7,10-15H2,1-3H3,(H2,21,22,23). The van der Waals surface area contributed by atoms with Gasteiger partial charge < -0.3 is 25.0 Å². The molecule has 0 saturated heterocycles. The summed E-state index contributed by atoms with van der Waals surface area (Å²) in [6.45, 7) is 7.16. The van der Waals surface area contributed by atoms with E-state index in [9.17, 15) is 4.39 Å². The van der Waals surface area contributed by atoms with Gasteiger partial charge in [0.2, 0.25) is 0 Å². The number of anilines is 1. The van der Waals surface area contributed by atoms with Gasteiger partial charge in [-0.2, -0.15) is 0 Å². The van der Waals surface area contributed by atoms with Crippen molar-refractivity contribution in [3.05, 3.63) is 30.1 Å². The summed E-state index contributed by atoms with van der Waals surface area (Å²) in [5, 5.41) is 6.54. The predicted molar refractivity (Wildman–Crippen MR) is 106 cm³/mol. The number of guanidine groups is 1. The molecule has 0 bridgehead atoms. The van der Waals surface area contributed by atoms with Crippen molar-refractivity contribution >= 4 is 11.6 Å². The van der Waals surface area contributed by atoms with E-state index in [-0.39, 0.29) is 5.82 Å². The highest BCUT2D eigenvalue weighted by Gasteiger charge is 2.02. The minimum absolute atomic E-state index is 0.211. The molecule has 1 rings (SSSR count). The molecule has 26 heavy (non-hydrogen) atoms. The number of methoxy groups -OCH3 is 1. The van der Waals surface area contributed by atoms with Gasteiger partial charge >= 0.3 is 0 Å². The van der Waals surface area contributed by atoms with Crippen LogP contribution < -0.4 is 15.5 Å². The van der Waals surface area contributed by atoms with E-state index in [1.54, 1.807) is 19.2 Å². The largest absolute Gasteiger partial charge is 0.382 e. The Morgan fingerprint density at radius 3 is 2.77 bits per heavy atom. The number of rotatable bonds is 13. The van der Waals surface area contributed by atoms with Gasteiger partial charge in [0.25, 0.3) is 0 Å². The number of nitrogens with zero attached hydrogens (tertiary/aromatic N) is 2. The Kier molecular flexibility index (Phi) is 12.2. The monoisotopic (exact) mass is 368 g/mol. The van der Waals surface area contributed by atoms with Gasteiger partial charge in [-0.05, 0) is 38.0 Å². The van der Waals surface area contributed by atoms with Gasteiger partial charge in [-0.1, -0.05) is 6.07 Å². The van der Waals surface area contributed by atoms with E-state index in [0.717, 1.165) is 44.1 Å². The van der Waals surface area contributed by atoms with E-state index in [1.807, 2.05) is 24.9 Å². The lowest BCUT2D eigenvalue weighted by atomic mass is 10.2. The first-order valence-electron chi connectivity index (χ1n) is 9.23. The fraction of sp³-hybridized carbons (Fsp3) is 0.632. The zero-order chi connectivity index (χ0) is 19.0. The summed E-state index contributed by atoms with van der Waals surface area (Å²) in [5.74, 6) is 0.606. The van der Waals surface area contributed by atoms with Crippen LogP contribution in [-0.4, -0.2) is 66.1 Å². The van der Waals surface area contributed by atoms with Gasteiger partial charge in [0.1, 0.15) is 5.82 Å². The van der Waals surface area contributed by atoms with Crippen LogP contribution in [0.1, 0.15) is 19.8 Å². The molecule has 0 radical (unpaired) electrons. The second-order valence-corrected chi connectivity index (χ2v) is 5.90. The van der Waals surface area contributed by atoms with E-state index in [0.29, 0.717) is 26.4 Å². The Bertz CT molecular complexity index is 514. The minimum atomic E-state index is -0.211. The molecular weight excluding hydrogens is 335 g/mol. The Labute approximate surface area is 156 Å². The molecule has 0 amide bonds. The molecule has 0 unspecified atom stereocenters. The number of halogens is 1. The van der Waals surface area contributed by atoms with Crippen molar-refractivity contribution in [3.8, 4) is 0 Å². The zero-order valence-corrected chi connectivity index (χ0v) is 16.3. The third-order valence-electron chi connectivity index (χ3n) is 3.70. The Balaban J connectivity index is 2.24. The van der Waals surface area contributed by atoms with Crippen LogP contribution in [0.15, 0.2) is 29.3 Å². The number of hydrogen-bond donors (Lipinski definition) is 2. The average Bonchev–Trinajstić information content (AvgIpc) is 2.64. The van der Waals surface area contributed by atoms with E-state index in [2.05, 4.69) is 15.6 Å². The summed E-state index contributed by atoms with van der Waals surface area (Å²) in [6, 6.07) is 6.64. The molecule has 0 aliphatic heterocycles. The first-order chi connectivity index (χ1) is 12.7. The molecule has 2 N–H and O–H groups in total. The molecule has 0 heterocycles. The maximum absolute atomic E-state index is 13.3. The van der Waals surface area contributed by atoms with Gasteiger partial charge in [-0.25, -0.2) is 4.39 Å². The molecule has 0 spiro atoms. The van der Waals surface area contributed by atoms with Gasteiger partial charge in [0.15, 0.2) is 5.96 Å². The van der Waals surface area contributed by atoms with Crippen LogP contribution in [0.4, 0.5) is 10.1 Å². The van der Waals surface area contributed by atoms with Crippen LogP contribution in [0.5, 0.6) is 0 Å². The highest BCUT2D eigenvalue weighted by molar-refractivity contribution is 5.79. The fourth-order valence-electron chi connectivity index (χ4n) is 2.31. The fourth-order valence-corrected chi connectivity index (χ4v) is 2.31. The molecular formula is C19H33FN4O2. The lowest BCUT2D eigenvalue weighted by Gasteiger charge is -2.19. The number of nitrogens with one attached hydrogen (secondary N) is 2. The van der Waals surface area contributed by atoms with Crippen molar-refractivity contribution in [2.24, 2.45) is 4.99 Å². The van der Waals surface area contributed by atoms with Gasteiger partial charge in [-0.15, -0.1) is 0 Å². The van der Waals surface area contributed by atoms with Crippen molar-refractivity contribution in [3.63, 3.8) is 0 Å². The average molecular weight is 368 g/mol. The highest BCUT2D eigenvalue weighted by atomic mass is 19.1. The first-order valence-corrected chi connectivity index (χ1v) is 9.23. The summed E-state index contributed by atoms with van der Waals surface area (Å²) in [6.07, 6.45) is 1.81. The maximum atomic E-state index is 13.3. The van der Waals surface area contributed by atoms with Gasteiger partial charge in [0, 0.05) is 52.6 Å². The summed E-state index contributed by atoms with van der Waals surface area (Å²) in [5.41, 5.74) is 0.882. The van der Waals surface area contributed by atoms with E-state index >= 15 is 0 Å². The third kappa shape index (κ3) is 10.2.